The summed E-state index contributed by atoms with van der Waals surface area (Å²) in [6, 6.07) is 3.19. The largest absolute Gasteiger partial charge is 0.394 e. The lowest BCUT2D eigenvalue weighted by Crippen LogP contribution is -2.47. The van der Waals surface area contributed by atoms with Crippen molar-refractivity contribution >= 4 is 5.91 Å². The van der Waals surface area contributed by atoms with Gasteiger partial charge >= 0.3 is 0 Å². The van der Waals surface area contributed by atoms with Crippen LogP contribution < -0.4 is 10.3 Å². The third-order valence-corrected chi connectivity index (χ3v) is 3.25. The van der Waals surface area contributed by atoms with E-state index in [1.807, 2.05) is 0 Å². The number of aliphatic hydroxyl groups excluding tert-OH is 2. The van der Waals surface area contributed by atoms with E-state index in [0.717, 1.165) is 0 Å². The molecule has 7 nitrogen and oxygen atoms in total. The molecule has 1 amide bonds. The van der Waals surface area contributed by atoms with Gasteiger partial charge in [0.2, 0.25) is 0 Å². The van der Waals surface area contributed by atoms with Crippen LogP contribution in [0.5, 0.6) is 0 Å². The van der Waals surface area contributed by atoms with Gasteiger partial charge in [0, 0.05) is 6.07 Å². The Bertz CT molecular complexity index is 557. The molecule has 1 aromatic heterocycles. The Morgan fingerprint density at radius 1 is 1.62 bits per heavy atom. The molecule has 0 spiro atoms. The van der Waals surface area contributed by atoms with Crippen molar-refractivity contribution < 1.29 is 29.0 Å². The second-order valence-corrected chi connectivity index (χ2v) is 4.62. The quantitative estimate of drug-likeness (QED) is 0.445. The molecular weight excluding hydrogens is 276 g/mol. The molecule has 2 heterocycles. The fraction of sp³-hybridized carbons (Fsp3) is 0.429. The zero-order valence-corrected chi connectivity index (χ0v) is 11.3. The number of pyridine rings is 1. The highest BCUT2D eigenvalue weighted by molar-refractivity contribution is 5.92. The maximum atomic E-state index is 11.2. The third kappa shape index (κ3) is 3.20. The van der Waals surface area contributed by atoms with E-state index in [9.17, 15) is 15.0 Å². The maximum Gasteiger partial charge on any atom is 0.292 e. The summed E-state index contributed by atoms with van der Waals surface area (Å²) in [6.07, 6.45) is 5.00. The van der Waals surface area contributed by atoms with Gasteiger partial charge in [-0.3, -0.25) is 4.79 Å². The Balaban J connectivity index is 2.29. The number of rotatable bonds is 5. The normalized spacial score (nSPS) is 28.2. The second-order valence-electron chi connectivity index (χ2n) is 4.62. The van der Waals surface area contributed by atoms with E-state index in [1.165, 1.54) is 6.20 Å². The van der Waals surface area contributed by atoms with E-state index in [2.05, 4.69) is 5.92 Å². The van der Waals surface area contributed by atoms with Crippen LogP contribution in [0.1, 0.15) is 16.6 Å². The molecule has 1 unspecified atom stereocenters. The highest BCUT2D eigenvalue weighted by Gasteiger charge is 2.49. The minimum Gasteiger partial charge on any atom is -0.394 e. The molecule has 4 N–H and O–H groups in total. The van der Waals surface area contributed by atoms with E-state index < -0.39 is 30.4 Å². The van der Waals surface area contributed by atoms with Crippen LogP contribution in [0, 0.1) is 12.3 Å². The predicted molar refractivity (Wildman–Crippen MR) is 70.7 cm³/mol. The van der Waals surface area contributed by atoms with Crippen molar-refractivity contribution in [2.45, 2.75) is 24.5 Å². The lowest BCUT2D eigenvalue weighted by atomic mass is 10.1. The Morgan fingerprint density at radius 3 is 3.00 bits per heavy atom. The minimum absolute atomic E-state index is 0.00416. The van der Waals surface area contributed by atoms with Crippen LogP contribution in [0.3, 0.4) is 0 Å². The van der Waals surface area contributed by atoms with Crippen LogP contribution in [-0.4, -0.2) is 47.6 Å². The molecule has 4 atom stereocenters. The number of hydrogen-bond acceptors (Lipinski definition) is 5. The van der Waals surface area contributed by atoms with Gasteiger partial charge in [0.25, 0.3) is 12.1 Å². The number of carbonyl (C=O) groups excluding carboxylic acids is 1. The second kappa shape index (κ2) is 6.65. The maximum absolute atomic E-state index is 11.2. The average molecular weight is 293 g/mol. The molecule has 0 radical (unpaired) electrons. The topological polar surface area (TPSA) is 106 Å². The molecule has 2 rings (SSSR count). The van der Waals surface area contributed by atoms with E-state index in [-0.39, 0.29) is 13.2 Å². The van der Waals surface area contributed by atoms with E-state index in [0.29, 0.717) is 5.56 Å². The SMILES string of the molecule is C#CCO[C@@H]1[C@H](O)C(CO)O[C@H]1[n+]1cccc(C(N)=O)c1. The first-order valence-corrected chi connectivity index (χ1v) is 6.38. The van der Waals surface area contributed by atoms with Crippen molar-refractivity contribution in [2.24, 2.45) is 5.73 Å². The number of carbonyl (C=O) groups is 1. The molecule has 1 aromatic rings. The van der Waals surface area contributed by atoms with Gasteiger partial charge in [0.05, 0.1) is 6.61 Å². The first kappa shape index (κ1) is 15.4. The summed E-state index contributed by atoms with van der Waals surface area (Å²) in [7, 11) is 0. The van der Waals surface area contributed by atoms with Crippen LogP contribution in [-0.2, 0) is 9.47 Å². The molecule has 1 aliphatic heterocycles. The number of aromatic nitrogens is 1. The van der Waals surface area contributed by atoms with Gasteiger partial charge in [-0.05, 0) is 6.07 Å². The van der Waals surface area contributed by atoms with E-state index in [4.69, 9.17) is 21.6 Å². The number of terminal acetylenes is 1. The highest BCUT2D eigenvalue weighted by Crippen LogP contribution is 2.27. The summed E-state index contributed by atoms with van der Waals surface area (Å²) >= 11 is 0. The van der Waals surface area contributed by atoms with Gasteiger partial charge in [-0.25, -0.2) is 0 Å². The zero-order chi connectivity index (χ0) is 15.4. The van der Waals surface area contributed by atoms with Crippen molar-refractivity contribution in [1.29, 1.82) is 0 Å². The van der Waals surface area contributed by atoms with Crippen molar-refractivity contribution in [3.05, 3.63) is 30.1 Å². The van der Waals surface area contributed by atoms with Crippen molar-refractivity contribution in [1.82, 2.24) is 0 Å². The number of nitrogens with zero attached hydrogens (tertiary/aromatic N) is 1. The Kier molecular flexibility index (Phi) is 4.88. The molecule has 0 bridgehead atoms. The smallest absolute Gasteiger partial charge is 0.292 e. The van der Waals surface area contributed by atoms with Gasteiger partial charge in [0.1, 0.15) is 24.4 Å². The Morgan fingerprint density at radius 2 is 2.38 bits per heavy atom. The Labute approximate surface area is 121 Å². The standard InChI is InChI=1S/C14H16N2O5/c1-2-6-20-12-11(18)10(8-17)21-14(12)16-5-3-4-9(7-16)13(15)19/h1,3-5,7,10-12,14,17-18H,6,8H2,(H-,15,19)/p+1/t10?,11-,12-,14-/m1/s1. The third-order valence-electron chi connectivity index (χ3n) is 3.25. The molecule has 7 heteroatoms. The number of nitrogens with two attached hydrogens (primary N) is 1. The van der Waals surface area contributed by atoms with Crippen LogP contribution in [0.25, 0.3) is 0 Å². The first-order valence-electron chi connectivity index (χ1n) is 6.38. The van der Waals surface area contributed by atoms with Crippen LogP contribution in [0.2, 0.25) is 0 Å². The molecular formula is C14H17N2O5+. The van der Waals surface area contributed by atoms with Crippen LogP contribution >= 0.6 is 0 Å². The van der Waals surface area contributed by atoms with Crippen molar-refractivity contribution in [2.75, 3.05) is 13.2 Å². The summed E-state index contributed by atoms with van der Waals surface area (Å²) in [6.45, 7) is -0.362. The minimum atomic E-state index is -1.03. The van der Waals surface area contributed by atoms with Crippen LogP contribution in [0.4, 0.5) is 0 Å². The number of hydrogen-bond donors (Lipinski definition) is 3. The van der Waals surface area contributed by atoms with Crippen LogP contribution in [0.15, 0.2) is 24.5 Å². The summed E-state index contributed by atoms with van der Waals surface area (Å²) in [5.74, 6) is 1.73. The lowest BCUT2D eigenvalue weighted by Gasteiger charge is -2.16. The average Bonchev–Trinajstić information content (AvgIpc) is 2.81. The molecule has 1 saturated heterocycles. The van der Waals surface area contributed by atoms with Gasteiger partial charge in [0.15, 0.2) is 18.5 Å². The van der Waals surface area contributed by atoms with Gasteiger partial charge in [-0.1, -0.05) is 5.92 Å². The van der Waals surface area contributed by atoms with Gasteiger partial charge in [-0.2, -0.15) is 4.57 Å². The molecule has 0 saturated carbocycles. The predicted octanol–water partition coefficient (Wildman–Crippen LogP) is -1.66. The molecule has 1 fully saturated rings. The molecule has 0 aliphatic carbocycles. The zero-order valence-electron chi connectivity index (χ0n) is 11.3. The number of ether oxygens (including phenoxy) is 2. The fourth-order valence-electron chi connectivity index (χ4n) is 2.23. The van der Waals surface area contributed by atoms with E-state index >= 15 is 0 Å². The molecule has 21 heavy (non-hydrogen) atoms. The summed E-state index contributed by atoms with van der Waals surface area (Å²) in [5, 5.41) is 19.3. The number of primary amides is 1. The molecule has 0 aromatic carbocycles. The highest BCUT2D eigenvalue weighted by atomic mass is 16.6. The first-order chi connectivity index (χ1) is 10.1. The molecule has 1 aliphatic rings. The summed E-state index contributed by atoms with van der Waals surface area (Å²) in [5.41, 5.74) is 5.53. The monoisotopic (exact) mass is 293 g/mol. The lowest BCUT2D eigenvalue weighted by molar-refractivity contribution is -0.766. The number of aliphatic hydroxyl groups is 2. The molecule has 112 valence electrons. The summed E-state index contributed by atoms with van der Waals surface area (Å²) in [4.78, 5) is 11.2. The fourth-order valence-corrected chi connectivity index (χ4v) is 2.23. The number of amides is 1. The van der Waals surface area contributed by atoms with E-state index in [1.54, 1.807) is 22.9 Å². The Hall–Kier alpha value is -1.98. The van der Waals surface area contributed by atoms with Gasteiger partial charge < -0.3 is 25.4 Å². The van der Waals surface area contributed by atoms with Crippen molar-refractivity contribution in [3.63, 3.8) is 0 Å². The van der Waals surface area contributed by atoms with Gasteiger partial charge in [-0.15, -0.1) is 6.42 Å². The van der Waals surface area contributed by atoms with Crippen molar-refractivity contribution in [3.8, 4) is 12.3 Å². The summed E-state index contributed by atoms with van der Waals surface area (Å²) < 4.78 is 12.5.